The van der Waals surface area contributed by atoms with Gasteiger partial charge in [-0.3, -0.25) is 4.55 Å². The van der Waals surface area contributed by atoms with Gasteiger partial charge in [-0.05, 0) is 31.0 Å². The summed E-state index contributed by atoms with van der Waals surface area (Å²) in [5.41, 5.74) is 1.37. The molecule has 0 aliphatic rings. The van der Waals surface area contributed by atoms with Crippen LogP contribution in [0.25, 0.3) is 0 Å². The molecule has 0 saturated carbocycles. The minimum Gasteiger partial charge on any atom is -0.282 e. The molecule has 0 fully saturated rings. The molecule has 1 rings (SSSR count). The maximum Gasteiger partial charge on any atom is 0.425 e. The molecule has 0 heterocycles. The molecule has 1 aromatic carbocycles. The summed E-state index contributed by atoms with van der Waals surface area (Å²) in [6.07, 6.45) is 0. The first-order valence-electron chi connectivity index (χ1n) is 3.96. The Labute approximate surface area is 94.7 Å². The summed E-state index contributed by atoms with van der Waals surface area (Å²) >= 11 is 0. The first-order valence-corrected chi connectivity index (χ1v) is 6.40. The van der Waals surface area contributed by atoms with Crippen molar-refractivity contribution in [3.63, 3.8) is 0 Å². The smallest absolute Gasteiger partial charge is 0.282 e. The summed E-state index contributed by atoms with van der Waals surface area (Å²) in [6, 6.07) is 4.91. The van der Waals surface area contributed by atoms with E-state index in [1.165, 1.54) is 6.07 Å². The summed E-state index contributed by atoms with van der Waals surface area (Å²) in [6.45, 7) is 3.41. The van der Waals surface area contributed by atoms with Gasteiger partial charge in [0.2, 0.25) is 0 Å². The molecule has 0 saturated heterocycles. The van der Waals surface area contributed by atoms with Gasteiger partial charge >= 0.3 is 10.6 Å². The van der Waals surface area contributed by atoms with Gasteiger partial charge in [-0.25, -0.2) is 0 Å². The highest BCUT2D eigenvalue weighted by molar-refractivity contribution is 7.85. The second-order valence-corrected chi connectivity index (χ2v) is 4.75. The lowest BCUT2D eigenvalue weighted by atomic mass is 10.2. The molecule has 8 heteroatoms. The van der Waals surface area contributed by atoms with Gasteiger partial charge in [0.15, 0.2) is 0 Å². The Morgan fingerprint density at radius 3 is 1.88 bits per heavy atom. The molecule has 0 bridgehead atoms. The highest BCUT2D eigenvalue weighted by Gasteiger charge is 2.11. The van der Waals surface area contributed by atoms with Crippen LogP contribution in [0.5, 0.6) is 0 Å². The Kier molecular flexibility index (Phi) is 5.28. The summed E-state index contributed by atoms with van der Waals surface area (Å²) in [5.74, 6) is 0. The lowest BCUT2D eigenvalue weighted by molar-refractivity contribution is 0.482. The Hall–Kier alpha value is -1.25. The zero-order valence-corrected chi connectivity index (χ0v) is 10.2. The van der Waals surface area contributed by atoms with Gasteiger partial charge < -0.3 is 0 Å². The fourth-order valence-electron chi connectivity index (χ4n) is 0.985. The highest BCUT2D eigenvalue weighted by atomic mass is 32.2. The van der Waals surface area contributed by atoms with Crippen LogP contribution in [-0.2, 0) is 20.7 Å². The van der Waals surface area contributed by atoms with E-state index < -0.39 is 20.7 Å². The van der Waals surface area contributed by atoms with Crippen molar-refractivity contribution in [2.75, 3.05) is 0 Å². The normalized spacial score (nSPS) is 10.2. The molecule has 0 amide bonds. The van der Waals surface area contributed by atoms with Gasteiger partial charge in [0.05, 0.1) is 4.90 Å². The van der Waals surface area contributed by atoms with E-state index >= 15 is 0 Å². The molecule has 0 aliphatic heterocycles. The van der Waals surface area contributed by atoms with E-state index in [4.69, 9.17) is 17.2 Å². The van der Waals surface area contributed by atoms with Crippen LogP contribution in [0.4, 0.5) is 0 Å². The van der Waals surface area contributed by atoms with Crippen LogP contribution in [0.2, 0.25) is 0 Å². The van der Waals surface area contributed by atoms with Crippen molar-refractivity contribution in [3.05, 3.63) is 29.3 Å². The lowest BCUT2D eigenvalue weighted by Crippen LogP contribution is -2.00. The van der Waals surface area contributed by atoms with Gasteiger partial charge in [-0.15, -0.1) is 12.6 Å². The molecule has 0 spiro atoms. The van der Waals surface area contributed by atoms with E-state index in [9.17, 15) is 8.42 Å². The third-order valence-corrected chi connectivity index (χ3v) is 2.62. The molecule has 90 valence electrons. The minimum absolute atomic E-state index is 0.0116. The van der Waals surface area contributed by atoms with E-state index in [-0.39, 0.29) is 4.90 Å². The third kappa shape index (κ3) is 5.59. The zero-order valence-electron chi connectivity index (χ0n) is 8.54. The number of rotatable bonds is 1. The lowest BCUT2D eigenvalue weighted by Gasteiger charge is -2.02. The van der Waals surface area contributed by atoms with Gasteiger partial charge in [-0.2, -0.15) is 8.42 Å². The quantitative estimate of drug-likeness (QED) is 0.744. The van der Waals surface area contributed by atoms with E-state index in [1.54, 1.807) is 26.0 Å². The summed E-state index contributed by atoms with van der Waals surface area (Å²) < 4.78 is 55.6. The van der Waals surface area contributed by atoms with Crippen LogP contribution in [0.3, 0.4) is 0 Å². The summed E-state index contributed by atoms with van der Waals surface area (Å²) in [4.78, 5) is -0.0116. The Bertz CT molecular complexity index is 563. The molecule has 0 aliphatic carbocycles. The van der Waals surface area contributed by atoms with E-state index in [0.717, 1.165) is 5.56 Å². The molecule has 0 atom stereocenters. The zero-order chi connectivity index (χ0) is 12.9. The summed E-state index contributed by atoms with van der Waals surface area (Å²) in [5, 5.41) is 0. The molecule has 6 nitrogen and oxygen atoms in total. The monoisotopic (exact) mass is 266 g/mol. The van der Waals surface area contributed by atoms with E-state index in [1.807, 2.05) is 0 Å². The summed E-state index contributed by atoms with van der Waals surface area (Å²) in [7, 11) is -7.17. The first kappa shape index (κ1) is 14.8. The predicted molar refractivity (Wildman–Crippen MR) is 55.4 cm³/mol. The molecule has 1 N–H and O–H groups in total. The van der Waals surface area contributed by atoms with E-state index in [2.05, 4.69) is 0 Å². The van der Waals surface area contributed by atoms with Crippen LogP contribution in [-0.4, -0.2) is 25.6 Å². The molecule has 1 aromatic rings. The fraction of sp³-hybridized carbons (Fsp3) is 0.250. The van der Waals surface area contributed by atoms with Crippen molar-refractivity contribution in [3.8, 4) is 0 Å². The van der Waals surface area contributed by atoms with Crippen LogP contribution in [0.15, 0.2) is 23.1 Å². The largest absolute Gasteiger partial charge is 0.425 e. The van der Waals surface area contributed by atoms with E-state index in [0.29, 0.717) is 5.56 Å². The number of hydrogen-bond acceptors (Lipinski definition) is 5. The number of aryl methyl sites for hydroxylation is 2. The molecule has 16 heavy (non-hydrogen) atoms. The van der Waals surface area contributed by atoms with Gasteiger partial charge in [0.1, 0.15) is 0 Å². The topological polar surface area (TPSA) is 106 Å². The van der Waals surface area contributed by atoms with Crippen LogP contribution in [0.1, 0.15) is 11.1 Å². The van der Waals surface area contributed by atoms with Gasteiger partial charge in [-0.1, -0.05) is 12.1 Å². The number of benzene rings is 1. The molecule has 0 radical (unpaired) electrons. The van der Waals surface area contributed by atoms with Gasteiger partial charge in [0, 0.05) is 0 Å². The van der Waals surface area contributed by atoms with Crippen LogP contribution in [0, 0.1) is 13.8 Å². The Balaban J connectivity index is 0.000000487. The van der Waals surface area contributed by atoms with Gasteiger partial charge in [0.25, 0.3) is 10.1 Å². The van der Waals surface area contributed by atoms with Crippen molar-refractivity contribution in [1.29, 1.82) is 0 Å². The standard InChI is InChI=1S/C8H10O3S.O3S/c1-6-3-4-7(2)8(5-6)12(9,10)11;1-4(2)3/h3-5H,1-2H3,(H,9,10,11);. The SMILES string of the molecule is Cc1ccc(C)c(S(=O)(=O)O)c1.O=S(=O)=O. The predicted octanol–water partition coefficient (Wildman–Crippen LogP) is 0.546. The third-order valence-electron chi connectivity index (χ3n) is 1.62. The average Bonchev–Trinajstić information content (AvgIpc) is 2.06. The molecular weight excluding hydrogens is 256 g/mol. The second-order valence-electron chi connectivity index (χ2n) is 2.95. The average molecular weight is 266 g/mol. The number of hydrogen-bond donors (Lipinski definition) is 1. The Morgan fingerprint density at radius 2 is 1.56 bits per heavy atom. The van der Waals surface area contributed by atoms with Crippen molar-refractivity contribution >= 4 is 20.7 Å². The minimum atomic E-state index is -4.06. The van der Waals surface area contributed by atoms with Crippen molar-refractivity contribution in [1.82, 2.24) is 0 Å². The van der Waals surface area contributed by atoms with Crippen molar-refractivity contribution in [2.45, 2.75) is 18.7 Å². The second kappa shape index (κ2) is 5.73. The maximum atomic E-state index is 10.8. The van der Waals surface area contributed by atoms with Crippen molar-refractivity contribution in [2.24, 2.45) is 0 Å². The van der Waals surface area contributed by atoms with Crippen LogP contribution >= 0.6 is 0 Å². The highest BCUT2D eigenvalue weighted by Crippen LogP contribution is 2.15. The fourth-order valence-corrected chi connectivity index (χ4v) is 1.79. The molecular formula is C8H10O6S2. The maximum absolute atomic E-state index is 10.8. The molecule has 0 aromatic heterocycles. The molecule has 0 unspecified atom stereocenters. The Morgan fingerprint density at radius 1 is 1.12 bits per heavy atom. The van der Waals surface area contributed by atoms with Crippen molar-refractivity contribution < 1.29 is 25.6 Å². The van der Waals surface area contributed by atoms with Crippen LogP contribution < -0.4 is 0 Å². The first-order chi connectivity index (χ1) is 7.14.